The smallest absolute Gasteiger partial charge is 0.0640 e. The van der Waals surface area contributed by atoms with Gasteiger partial charge < -0.3 is 5.73 Å². The maximum absolute atomic E-state index is 6.37. The Kier molecular flexibility index (Phi) is 4.49. The zero-order valence-corrected chi connectivity index (χ0v) is 12.4. The van der Waals surface area contributed by atoms with Gasteiger partial charge in [0.25, 0.3) is 0 Å². The number of nitrogens with zero attached hydrogens (tertiary/aromatic N) is 2. The molecule has 1 saturated heterocycles. The Balaban J connectivity index is 1.56. The van der Waals surface area contributed by atoms with Crippen LogP contribution in [0.25, 0.3) is 0 Å². The van der Waals surface area contributed by atoms with Crippen LogP contribution in [0, 0.1) is 0 Å². The van der Waals surface area contributed by atoms with Crippen molar-refractivity contribution in [1.29, 1.82) is 0 Å². The lowest BCUT2D eigenvalue weighted by Crippen LogP contribution is -2.36. The van der Waals surface area contributed by atoms with Gasteiger partial charge in [0.05, 0.1) is 11.7 Å². The zero-order valence-electron chi connectivity index (χ0n) is 11.6. The van der Waals surface area contributed by atoms with Crippen LogP contribution in [0.2, 0.25) is 0 Å². The minimum Gasteiger partial charge on any atom is -0.326 e. The first-order valence-corrected chi connectivity index (χ1v) is 8.79. The molecular formula is C15H25N3S. The molecule has 3 nitrogen and oxygen atoms in total. The number of nitrogens with two attached hydrogens (primary N) is 1. The van der Waals surface area contributed by atoms with E-state index in [0.29, 0.717) is 11.3 Å². The third-order valence-electron chi connectivity index (χ3n) is 4.50. The maximum Gasteiger partial charge on any atom is 0.0640 e. The second kappa shape index (κ2) is 6.31. The van der Waals surface area contributed by atoms with Gasteiger partial charge in [0.1, 0.15) is 0 Å². The summed E-state index contributed by atoms with van der Waals surface area (Å²) < 4.78 is 2.18. The van der Waals surface area contributed by atoms with Gasteiger partial charge in [0, 0.05) is 23.9 Å². The van der Waals surface area contributed by atoms with Crippen LogP contribution in [0.3, 0.4) is 0 Å². The minimum atomic E-state index is 0.275. The van der Waals surface area contributed by atoms with Crippen LogP contribution in [-0.2, 0) is 6.42 Å². The van der Waals surface area contributed by atoms with Crippen LogP contribution >= 0.6 is 11.8 Å². The van der Waals surface area contributed by atoms with Gasteiger partial charge in [0.2, 0.25) is 0 Å². The fourth-order valence-corrected chi connectivity index (χ4v) is 4.68. The molecule has 0 radical (unpaired) electrons. The van der Waals surface area contributed by atoms with E-state index in [-0.39, 0.29) is 6.04 Å². The summed E-state index contributed by atoms with van der Waals surface area (Å²) in [6, 6.07) is 3.09. The molecule has 1 aliphatic carbocycles. The summed E-state index contributed by atoms with van der Waals surface area (Å²) >= 11 is 2.06. The average Bonchev–Trinajstić information content (AvgIpc) is 3.10. The van der Waals surface area contributed by atoms with Crippen LogP contribution in [0.5, 0.6) is 0 Å². The van der Waals surface area contributed by atoms with Gasteiger partial charge in [-0.3, -0.25) is 4.68 Å². The number of hydrogen-bond acceptors (Lipinski definition) is 3. The van der Waals surface area contributed by atoms with Crippen LogP contribution in [0.1, 0.15) is 56.7 Å². The summed E-state index contributed by atoms with van der Waals surface area (Å²) in [4.78, 5) is 0. The predicted octanol–water partition coefficient (Wildman–Crippen LogP) is 3.15. The fourth-order valence-electron chi connectivity index (χ4n) is 3.33. The van der Waals surface area contributed by atoms with Gasteiger partial charge in [-0.25, -0.2) is 0 Å². The summed E-state index contributed by atoms with van der Waals surface area (Å²) in [5, 5.41) is 5.40. The molecule has 0 bridgehead atoms. The fraction of sp³-hybridized carbons (Fsp3) is 0.800. The Bertz CT molecular complexity index is 392. The maximum atomic E-state index is 6.37. The summed E-state index contributed by atoms with van der Waals surface area (Å²) in [6.07, 6.45) is 12.4. The van der Waals surface area contributed by atoms with Gasteiger partial charge in [0.15, 0.2) is 0 Å². The molecule has 1 aromatic rings. The summed E-state index contributed by atoms with van der Waals surface area (Å²) in [7, 11) is 0. The van der Waals surface area contributed by atoms with E-state index in [1.54, 1.807) is 0 Å². The minimum absolute atomic E-state index is 0.275. The Morgan fingerprint density at radius 3 is 2.79 bits per heavy atom. The van der Waals surface area contributed by atoms with E-state index in [2.05, 4.69) is 28.7 Å². The number of hydrogen-bond donors (Lipinski definition) is 1. The van der Waals surface area contributed by atoms with Crippen LogP contribution < -0.4 is 5.73 Å². The van der Waals surface area contributed by atoms with Crippen molar-refractivity contribution < 1.29 is 0 Å². The Labute approximate surface area is 120 Å². The van der Waals surface area contributed by atoms with Crippen molar-refractivity contribution in [3.05, 3.63) is 18.0 Å². The average molecular weight is 279 g/mol. The topological polar surface area (TPSA) is 43.8 Å². The summed E-state index contributed by atoms with van der Waals surface area (Å²) in [5.74, 6) is 1.29. The van der Waals surface area contributed by atoms with Crippen molar-refractivity contribution in [3.8, 4) is 0 Å². The molecular weight excluding hydrogens is 254 g/mol. The van der Waals surface area contributed by atoms with Gasteiger partial charge >= 0.3 is 0 Å². The number of thioether (sulfide) groups is 1. The standard InChI is InChI=1S/C15H25N3S/c16-14(15-7-3-4-10-19-15)11-12-8-9-18(17-12)13-5-1-2-6-13/h8-9,13-15H,1-7,10-11,16H2. The molecule has 2 fully saturated rings. The van der Waals surface area contributed by atoms with E-state index in [0.717, 1.165) is 6.42 Å². The van der Waals surface area contributed by atoms with Crippen LogP contribution in [-0.4, -0.2) is 26.8 Å². The van der Waals surface area contributed by atoms with Crippen LogP contribution in [0.15, 0.2) is 12.3 Å². The molecule has 2 unspecified atom stereocenters. The largest absolute Gasteiger partial charge is 0.326 e. The third kappa shape index (κ3) is 3.34. The van der Waals surface area contributed by atoms with Gasteiger partial charge in [-0.1, -0.05) is 19.3 Å². The van der Waals surface area contributed by atoms with Gasteiger partial charge in [-0.2, -0.15) is 16.9 Å². The SMILES string of the molecule is NC(Cc1ccn(C2CCCC2)n1)C1CCCCS1. The second-order valence-electron chi connectivity index (χ2n) is 6.00. The molecule has 19 heavy (non-hydrogen) atoms. The molecule has 106 valence electrons. The molecule has 0 aromatic carbocycles. The van der Waals surface area contributed by atoms with E-state index in [1.807, 2.05) is 0 Å². The second-order valence-corrected chi connectivity index (χ2v) is 7.35. The quantitative estimate of drug-likeness (QED) is 0.920. The lowest BCUT2D eigenvalue weighted by molar-refractivity contribution is 0.459. The molecule has 0 amide bonds. The van der Waals surface area contributed by atoms with E-state index in [4.69, 9.17) is 10.8 Å². The van der Waals surface area contributed by atoms with Crippen molar-refractivity contribution in [1.82, 2.24) is 9.78 Å². The molecule has 2 aliphatic rings. The van der Waals surface area contributed by atoms with Gasteiger partial charge in [-0.05, 0) is 37.5 Å². The monoisotopic (exact) mass is 279 g/mol. The molecule has 2 N–H and O–H groups in total. The molecule has 1 aromatic heterocycles. The van der Waals surface area contributed by atoms with Crippen molar-refractivity contribution in [2.24, 2.45) is 5.73 Å². The van der Waals surface area contributed by atoms with Gasteiger partial charge in [-0.15, -0.1) is 0 Å². The first-order chi connectivity index (χ1) is 9.33. The highest BCUT2D eigenvalue weighted by molar-refractivity contribution is 8.00. The molecule has 1 saturated carbocycles. The van der Waals surface area contributed by atoms with Crippen molar-refractivity contribution in [3.63, 3.8) is 0 Å². The predicted molar refractivity (Wildman–Crippen MR) is 81.5 cm³/mol. The lowest BCUT2D eigenvalue weighted by atomic mass is 10.0. The van der Waals surface area contributed by atoms with Crippen molar-refractivity contribution in [2.75, 3.05) is 5.75 Å². The van der Waals surface area contributed by atoms with E-state index >= 15 is 0 Å². The van der Waals surface area contributed by atoms with Crippen LogP contribution in [0.4, 0.5) is 0 Å². The number of aromatic nitrogens is 2. The third-order valence-corrected chi connectivity index (χ3v) is 6.04. The molecule has 3 rings (SSSR count). The van der Waals surface area contributed by atoms with E-state index in [1.165, 1.54) is 56.4 Å². The molecule has 2 heterocycles. The summed E-state index contributed by atoms with van der Waals surface area (Å²) in [5.41, 5.74) is 7.56. The van der Waals surface area contributed by atoms with E-state index in [9.17, 15) is 0 Å². The molecule has 4 heteroatoms. The first kappa shape index (κ1) is 13.5. The lowest BCUT2D eigenvalue weighted by Gasteiger charge is -2.26. The Hall–Kier alpha value is -0.480. The molecule has 0 spiro atoms. The van der Waals surface area contributed by atoms with E-state index < -0.39 is 0 Å². The van der Waals surface area contributed by atoms with Crippen molar-refractivity contribution >= 4 is 11.8 Å². The molecule has 2 atom stereocenters. The Morgan fingerprint density at radius 2 is 2.05 bits per heavy atom. The highest BCUT2D eigenvalue weighted by Crippen LogP contribution is 2.30. The molecule has 1 aliphatic heterocycles. The normalized spacial score (nSPS) is 26.7. The zero-order chi connectivity index (χ0) is 13.1. The summed E-state index contributed by atoms with van der Waals surface area (Å²) in [6.45, 7) is 0. The first-order valence-electron chi connectivity index (χ1n) is 7.74. The van der Waals surface area contributed by atoms with Crippen molar-refractivity contribution in [2.45, 2.75) is 68.7 Å². The Morgan fingerprint density at radius 1 is 1.26 bits per heavy atom. The highest BCUT2D eigenvalue weighted by Gasteiger charge is 2.23. The highest BCUT2D eigenvalue weighted by atomic mass is 32.2. The number of rotatable bonds is 4.